The summed E-state index contributed by atoms with van der Waals surface area (Å²) in [6.45, 7) is 1.58. The van der Waals surface area contributed by atoms with Gasteiger partial charge >= 0.3 is 0 Å². The monoisotopic (exact) mass is 428 g/mol. The fourth-order valence-corrected chi connectivity index (χ4v) is 5.08. The van der Waals surface area contributed by atoms with Crippen LogP contribution in [0.1, 0.15) is 36.8 Å². The lowest BCUT2D eigenvalue weighted by atomic mass is 10.0. The minimum atomic E-state index is 0.345. The van der Waals surface area contributed by atoms with Gasteiger partial charge in [-0.15, -0.1) is 0 Å². The molecule has 2 aliphatic rings. The molecule has 1 aromatic heterocycles. The first kappa shape index (κ1) is 21.0. The zero-order chi connectivity index (χ0) is 21.9. The van der Waals surface area contributed by atoms with Crippen LogP contribution in [-0.4, -0.2) is 35.1 Å². The van der Waals surface area contributed by atoms with Crippen molar-refractivity contribution in [2.45, 2.75) is 57.0 Å². The van der Waals surface area contributed by atoms with E-state index in [1.54, 1.807) is 0 Å². The van der Waals surface area contributed by atoms with Gasteiger partial charge in [0.2, 0.25) is 0 Å². The Kier molecular flexibility index (Phi) is 6.10. The highest BCUT2D eigenvalue weighted by Gasteiger charge is 2.39. The Morgan fingerprint density at radius 1 is 0.969 bits per heavy atom. The van der Waals surface area contributed by atoms with E-state index in [9.17, 15) is 0 Å². The maximum absolute atomic E-state index is 6.38. The molecule has 2 fully saturated rings. The number of nitrogens with zero attached hydrogens (tertiary/aromatic N) is 2. The van der Waals surface area contributed by atoms with Crippen LogP contribution in [0, 0.1) is 0 Å². The normalized spacial score (nSPS) is 22.7. The van der Waals surface area contributed by atoms with E-state index in [-0.39, 0.29) is 0 Å². The average molecular weight is 429 g/mol. The quantitative estimate of drug-likeness (QED) is 0.538. The number of aromatic nitrogens is 1. The molecule has 0 spiro atoms. The van der Waals surface area contributed by atoms with Gasteiger partial charge in [0.1, 0.15) is 11.9 Å². The van der Waals surface area contributed by atoms with Crippen molar-refractivity contribution in [2.24, 2.45) is 0 Å². The van der Waals surface area contributed by atoms with Gasteiger partial charge in [0.15, 0.2) is 0 Å². The van der Waals surface area contributed by atoms with Gasteiger partial charge in [0.05, 0.1) is 5.69 Å². The predicted molar refractivity (Wildman–Crippen MR) is 129 cm³/mol. The topological polar surface area (TPSA) is 63.4 Å². The van der Waals surface area contributed by atoms with E-state index in [1.165, 1.54) is 24.0 Å². The fraction of sp³-hybridized carbons (Fsp3) is 0.370. The standard InChI is InChI=1S/C27H32N4O/c1-31-23-10-11-24(31)15-26(14-23)32-25-4-2-3-19(13-25)16-29-17-20-5-12-27(30-18-20)21-6-8-22(28)9-7-21/h2-9,12-13,18,23-24,26,29H,10-11,14-17,28H2,1H3/t23-,24+,26?. The number of nitrogens with two attached hydrogens (primary N) is 1. The van der Waals surface area contributed by atoms with Gasteiger partial charge in [0, 0.05) is 42.6 Å². The highest BCUT2D eigenvalue weighted by molar-refractivity contribution is 5.61. The van der Waals surface area contributed by atoms with Crippen LogP contribution in [0.5, 0.6) is 5.75 Å². The summed E-state index contributed by atoms with van der Waals surface area (Å²) in [5, 5.41) is 3.53. The summed E-state index contributed by atoms with van der Waals surface area (Å²) >= 11 is 0. The van der Waals surface area contributed by atoms with Crippen LogP contribution < -0.4 is 15.8 Å². The SMILES string of the molecule is CN1[C@@H]2CC[C@H]1CC(Oc1cccc(CNCc3ccc(-c4ccc(N)cc4)nc3)c1)C2. The molecule has 0 amide bonds. The van der Waals surface area contributed by atoms with E-state index < -0.39 is 0 Å². The molecule has 2 bridgehead atoms. The summed E-state index contributed by atoms with van der Waals surface area (Å²) in [7, 11) is 2.27. The molecule has 5 heteroatoms. The Balaban J connectivity index is 1.13. The largest absolute Gasteiger partial charge is 0.490 e. The zero-order valence-corrected chi connectivity index (χ0v) is 18.7. The Morgan fingerprint density at radius 3 is 2.44 bits per heavy atom. The van der Waals surface area contributed by atoms with Gasteiger partial charge in [0.25, 0.3) is 0 Å². The summed E-state index contributed by atoms with van der Waals surface area (Å²) in [6, 6.07) is 21.9. The molecule has 5 nitrogen and oxygen atoms in total. The second-order valence-electron chi connectivity index (χ2n) is 9.19. The Morgan fingerprint density at radius 2 is 1.72 bits per heavy atom. The first-order chi connectivity index (χ1) is 15.6. The maximum Gasteiger partial charge on any atom is 0.120 e. The molecule has 5 rings (SSSR count). The van der Waals surface area contributed by atoms with Gasteiger partial charge in [-0.3, -0.25) is 4.98 Å². The summed E-state index contributed by atoms with van der Waals surface area (Å²) in [5.74, 6) is 0.993. The molecule has 32 heavy (non-hydrogen) atoms. The molecule has 2 saturated heterocycles. The van der Waals surface area contributed by atoms with Gasteiger partial charge < -0.3 is 20.7 Å². The minimum Gasteiger partial charge on any atom is -0.490 e. The predicted octanol–water partition coefficient (Wildman–Crippen LogP) is 4.62. The van der Waals surface area contributed by atoms with Crippen LogP contribution in [-0.2, 0) is 13.1 Å². The molecule has 166 valence electrons. The second kappa shape index (κ2) is 9.31. The van der Waals surface area contributed by atoms with Crippen molar-refractivity contribution >= 4 is 5.69 Å². The maximum atomic E-state index is 6.38. The van der Waals surface area contributed by atoms with E-state index in [0.717, 1.165) is 48.6 Å². The molecule has 2 aliphatic heterocycles. The van der Waals surface area contributed by atoms with Crippen molar-refractivity contribution < 1.29 is 4.74 Å². The summed E-state index contributed by atoms with van der Waals surface area (Å²) in [5.41, 5.74) is 11.0. The molecule has 1 unspecified atom stereocenters. The van der Waals surface area contributed by atoms with Gasteiger partial charge in [-0.25, -0.2) is 0 Å². The van der Waals surface area contributed by atoms with Crippen LogP contribution in [0.4, 0.5) is 5.69 Å². The second-order valence-corrected chi connectivity index (χ2v) is 9.19. The number of fused-ring (bicyclic) bond motifs is 2. The van der Waals surface area contributed by atoms with E-state index in [4.69, 9.17) is 10.5 Å². The highest BCUT2D eigenvalue weighted by Crippen LogP contribution is 2.36. The average Bonchev–Trinajstić information content (AvgIpc) is 3.01. The van der Waals surface area contributed by atoms with Gasteiger partial charge in [-0.1, -0.05) is 30.3 Å². The minimum absolute atomic E-state index is 0.345. The smallest absolute Gasteiger partial charge is 0.120 e. The lowest BCUT2D eigenvalue weighted by Crippen LogP contribution is -2.43. The number of piperidine rings is 1. The molecule has 0 saturated carbocycles. The van der Waals surface area contributed by atoms with Crippen LogP contribution in [0.2, 0.25) is 0 Å². The van der Waals surface area contributed by atoms with Gasteiger partial charge in [-0.05, 0) is 74.2 Å². The van der Waals surface area contributed by atoms with Gasteiger partial charge in [-0.2, -0.15) is 0 Å². The molecular weight excluding hydrogens is 396 g/mol. The Hall–Kier alpha value is -2.89. The van der Waals surface area contributed by atoms with E-state index in [0.29, 0.717) is 18.2 Å². The first-order valence-corrected chi connectivity index (χ1v) is 11.6. The summed E-state index contributed by atoms with van der Waals surface area (Å²) < 4.78 is 6.38. The van der Waals surface area contributed by atoms with E-state index in [2.05, 4.69) is 58.6 Å². The molecule has 3 heterocycles. The number of pyridine rings is 1. The van der Waals surface area contributed by atoms with Crippen molar-refractivity contribution in [1.29, 1.82) is 0 Å². The van der Waals surface area contributed by atoms with Crippen molar-refractivity contribution in [3.05, 3.63) is 78.0 Å². The van der Waals surface area contributed by atoms with E-state index >= 15 is 0 Å². The first-order valence-electron chi connectivity index (χ1n) is 11.6. The third-order valence-corrected chi connectivity index (χ3v) is 6.95. The molecule has 3 atom stereocenters. The number of hydrogen-bond acceptors (Lipinski definition) is 5. The van der Waals surface area contributed by atoms with Crippen molar-refractivity contribution in [1.82, 2.24) is 15.2 Å². The number of hydrogen-bond donors (Lipinski definition) is 2. The number of nitrogens with one attached hydrogen (secondary N) is 1. The number of ether oxygens (including phenoxy) is 1. The molecule has 3 aromatic rings. The molecule has 3 N–H and O–H groups in total. The van der Waals surface area contributed by atoms with Crippen LogP contribution in [0.25, 0.3) is 11.3 Å². The molecule has 2 aromatic carbocycles. The van der Waals surface area contributed by atoms with Crippen molar-refractivity contribution in [2.75, 3.05) is 12.8 Å². The lowest BCUT2D eigenvalue weighted by Gasteiger charge is -2.36. The molecular formula is C27H32N4O. The fourth-order valence-electron chi connectivity index (χ4n) is 5.08. The van der Waals surface area contributed by atoms with Crippen molar-refractivity contribution in [3.63, 3.8) is 0 Å². The lowest BCUT2D eigenvalue weighted by molar-refractivity contribution is 0.0661. The van der Waals surface area contributed by atoms with Crippen LogP contribution in [0.3, 0.4) is 0 Å². The summed E-state index contributed by atoms with van der Waals surface area (Å²) in [4.78, 5) is 7.15. The number of benzene rings is 2. The molecule has 0 radical (unpaired) electrons. The molecule has 0 aliphatic carbocycles. The number of nitrogen functional groups attached to an aromatic ring is 1. The van der Waals surface area contributed by atoms with Crippen molar-refractivity contribution in [3.8, 4) is 17.0 Å². The third kappa shape index (κ3) is 4.79. The third-order valence-electron chi connectivity index (χ3n) is 6.95. The Bertz CT molecular complexity index is 1020. The number of anilines is 1. The van der Waals surface area contributed by atoms with E-state index in [1.807, 2.05) is 30.5 Å². The Labute approximate surface area is 190 Å². The van der Waals surface area contributed by atoms with Crippen LogP contribution in [0.15, 0.2) is 66.9 Å². The van der Waals surface area contributed by atoms with Crippen LogP contribution >= 0.6 is 0 Å². The zero-order valence-electron chi connectivity index (χ0n) is 18.7. The highest BCUT2D eigenvalue weighted by atomic mass is 16.5. The number of rotatable bonds is 7. The summed E-state index contributed by atoms with van der Waals surface area (Å²) in [6.07, 6.45) is 7.22.